The largest absolute Gasteiger partial charge is 0.495 e. The summed E-state index contributed by atoms with van der Waals surface area (Å²) in [6.07, 6.45) is 0.690. The summed E-state index contributed by atoms with van der Waals surface area (Å²) < 4.78 is 29.2. The first-order valence-electron chi connectivity index (χ1n) is 5.38. The standard InChI is InChI=1S/C12H15NO3S/c1-13-7-6-9-8-17(14,15)12-10(9)4-3-5-11(12)16-2/h3-5,8,13H,6-7H2,1-2H3. The highest BCUT2D eigenvalue weighted by molar-refractivity contribution is 7.95. The molecule has 92 valence electrons. The molecular weight excluding hydrogens is 238 g/mol. The van der Waals surface area contributed by atoms with Gasteiger partial charge in [-0.25, -0.2) is 8.42 Å². The van der Waals surface area contributed by atoms with E-state index in [0.717, 1.165) is 17.7 Å². The lowest BCUT2D eigenvalue weighted by Crippen LogP contribution is -2.07. The van der Waals surface area contributed by atoms with E-state index >= 15 is 0 Å². The molecule has 1 aliphatic heterocycles. The number of rotatable bonds is 4. The number of nitrogens with one attached hydrogen (secondary N) is 1. The van der Waals surface area contributed by atoms with Crippen LogP contribution in [0.1, 0.15) is 12.0 Å². The Kier molecular flexibility index (Phi) is 3.22. The fourth-order valence-corrected chi connectivity index (χ4v) is 3.66. The molecule has 0 aliphatic carbocycles. The summed E-state index contributed by atoms with van der Waals surface area (Å²) in [5.41, 5.74) is 1.60. The lowest BCUT2D eigenvalue weighted by Gasteiger charge is -2.08. The van der Waals surface area contributed by atoms with E-state index in [1.54, 1.807) is 6.07 Å². The maximum absolute atomic E-state index is 12.0. The quantitative estimate of drug-likeness (QED) is 0.882. The summed E-state index contributed by atoms with van der Waals surface area (Å²) in [5.74, 6) is 0.415. The van der Waals surface area contributed by atoms with Gasteiger partial charge in [0.2, 0.25) is 9.84 Å². The smallest absolute Gasteiger partial charge is 0.204 e. The zero-order valence-electron chi connectivity index (χ0n) is 9.86. The van der Waals surface area contributed by atoms with Crippen LogP contribution in [0.2, 0.25) is 0 Å². The highest BCUT2D eigenvalue weighted by Gasteiger charge is 2.29. The van der Waals surface area contributed by atoms with Gasteiger partial charge in [0.25, 0.3) is 0 Å². The molecule has 1 heterocycles. The Bertz CT molecular complexity index is 561. The molecule has 0 atom stereocenters. The second-order valence-electron chi connectivity index (χ2n) is 3.88. The van der Waals surface area contributed by atoms with Crippen molar-refractivity contribution in [3.8, 4) is 5.75 Å². The minimum Gasteiger partial charge on any atom is -0.495 e. The molecule has 0 aromatic heterocycles. The maximum atomic E-state index is 12.0. The molecule has 1 aromatic carbocycles. The number of hydrogen-bond donors (Lipinski definition) is 1. The van der Waals surface area contributed by atoms with Gasteiger partial charge in [-0.15, -0.1) is 0 Å². The number of hydrogen-bond acceptors (Lipinski definition) is 4. The zero-order chi connectivity index (χ0) is 12.5. The molecule has 0 unspecified atom stereocenters. The molecule has 0 bridgehead atoms. The summed E-state index contributed by atoms with van der Waals surface area (Å²) in [7, 11) is -0.0161. The third kappa shape index (κ3) is 2.08. The number of sulfone groups is 1. The van der Waals surface area contributed by atoms with Crippen molar-refractivity contribution < 1.29 is 13.2 Å². The minimum absolute atomic E-state index is 0.300. The Morgan fingerprint density at radius 2 is 2.12 bits per heavy atom. The summed E-state index contributed by atoms with van der Waals surface area (Å²) in [4.78, 5) is 0.300. The zero-order valence-corrected chi connectivity index (χ0v) is 10.7. The highest BCUT2D eigenvalue weighted by atomic mass is 32.2. The number of fused-ring (bicyclic) bond motifs is 1. The predicted molar refractivity (Wildman–Crippen MR) is 66.7 cm³/mol. The first-order chi connectivity index (χ1) is 8.10. The third-order valence-corrected chi connectivity index (χ3v) is 4.36. The topological polar surface area (TPSA) is 55.4 Å². The van der Waals surface area contributed by atoms with Crippen molar-refractivity contribution in [2.75, 3.05) is 20.7 Å². The Hall–Kier alpha value is -1.33. The molecule has 0 saturated carbocycles. The molecule has 2 rings (SSSR count). The number of methoxy groups -OCH3 is 1. The van der Waals surface area contributed by atoms with E-state index in [0.29, 0.717) is 17.1 Å². The minimum atomic E-state index is -3.34. The molecule has 5 heteroatoms. The lowest BCUT2D eigenvalue weighted by atomic mass is 10.0. The first-order valence-corrected chi connectivity index (χ1v) is 6.92. The Morgan fingerprint density at radius 3 is 2.76 bits per heavy atom. The van der Waals surface area contributed by atoms with Crippen LogP contribution in [-0.4, -0.2) is 29.1 Å². The van der Waals surface area contributed by atoms with Crippen molar-refractivity contribution in [3.05, 3.63) is 29.2 Å². The molecule has 0 radical (unpaired) electrons. The van der Waals surface area contributed by atoms with Gasteiger partial charge in [-0.3, -0.25) is 0 Å². The van der Waals surface area contributed by atoms with E-state index in [-0.39, 0.29) is 0 Å². The summed E-state index contributed by atoms with van der Waals surface area (Å²) in [6, 6.07) is 5.31. The monoisotopic (exact) mass is 253 g/mol. The number of benzene rings is 1. The van der Waals surface area contributed by atoms with Gasteiger partial charge in [-0.1, -0.05) is 12.1 Å². The van der Waals surface area contributed by atoms with Gasteiger partial charge in [0.1, 0.15) is 10.6 Å². The molecule has 1 aliphatic rings. The van der Waals surface area contributed by atoms with Crippen molar-refractivity contribution >= 4 is 15.4 Å². The van der Waals surface area contributed by atoms with Gasteiger partial charge in [-0.05, 0) is 31.7 Å². The van der Waals surface area contributed by atoms with Crippen molar-refractivity contribution in [1.29, 1.82) is 0 Å². The van der Waals surface area contributed by atoms with Gasteiger partial charge >= 0.3 is 0 Å². The van der Waals surface area contributed by atoms with Crippen LogP contribution >= 0.6 is 0 Å². The second-order valence-corrected chi connectivity index (χ2v) is 5.61. The Balaban J connectivity index is 2.53. The van der Waals surface area contributed by atoms with Crippen molar-refractivity contribution in [3.63, 3.8) is 0 Å². The molecule has 17 heavy (non-hydrogen) atoms. The molecule has 0 saturated heterocycles. The highest BCUT2D eigenvalue weighted by Crippen LogP contribution is 2.40. The van der Waals surface area contributed by atoms with E-state index in [9.17, 15) is 8.42 Å². The molecule has 0 fully saturated rings. The second kappa shape index (κ2) is 4.50. The van der Waals surface area contributed by atoms with Crippen LogP contribution < -0.4 is 10.1 Å². The van der Waals surface area contributed by atoms with Gasteiger partial charge in [0, 0.05) is 11.0 Å². The van der Waals surface area contributed by atoms with Crippen LogP contribution in [0, 0.1) is 0 Å². The molecule has 4 nitrogen and oxygen atoms in total. The average molecular weight is 253 g/mol. The molecule has 1 aromatic rings. The first kappa shape index (κ1) is 12.1. The number of ether oxygens (including phenoxy) is 1. The Morgan fingerprint density at radius 1 is 1.35 bits per heavy atom. The van der Waals surface area contributed by atoms with Crippen LogP contribution in [0.4, 0.5) is 0 Å². The maximum Gasteiger partial charge on any atom is 0.204 e. The van der Waals surface area contributed by atoms with Gasteiger partial charge in [0.05, 0.1) is 7.11 Å². The molecule has 0 amide bonds. The van der Waals surface area contributed by atoms with E-state index < -0.39 is 9.84 Å². The van der Waals surface area contributed by atoms with E-state index in [1.165, 1.54) is 12.5 Å². The lowest BCUT2D eigenvalue weighted by molar-refractivity contribution is 0.403. The SMILES string of the molecule is CNCCC1=CS(=O)(=O)c2c(OC)cccc21. The fraction of sp³-hybridized carbons (Fsp3) is 0.333. The predicted octanol–water partition coefficient (Wildman–Crippen LogP) is 1.43. The van der Waals surface area contributed by atoms with E-state index in [1.807, 2.05) is 19.2 Å². The van der Waals surface area contributed by atoms with Crippen LogP contribution in [0.25, 0.3) is 5.57 Å². The summed E-state index contributed by atoms with van der Waals surface area (Å²) >= 11 is 0. The molecule has 0 spiro atoms. The van der Waals surface area contributed by atoms with E-state index in [2.05, 4.69) is 5.32 Å². The van der Waals surface area contributed by atoms with Crippen LogP contribution in [0.15, 0.2) is 28.5 Å². The normalized spacial score (nSPS) is 16.5. The van der Waals surface area contributed by atoms with Crippen LogP contribution in [-0.2, 0) is 9.84 Å². The van der Waals surface area contributed by atoms with Crippen LogP contribution in [0.5, 0.6) is 5.75 Å². The summed E-state index contributed by atoms with van der Waals surface area (Å²) in [6.45, 7) is 0.748. The Labute approximate surface area is 101 Å². The van der Waals surface area contributed by atoms with E-state index in [4.69, 9.17) is 4.74 Å². The van der Waals surface area contributed by atoms with Gasteiger partial charge < -0.3 is 10.1 Å². The van der Waals surface area contributed by atoms with Crippen molar-refractivity contribution in [2.24, 2.45) is 0 Å². The fourth-order valence-electron chi connectivity index (χ4n) is 1.99. The van der Waals surface area contributed by atoms with Gasteiger partial charge in [-0.2, -0.15) is 0 Å². The average Bonchev–Trinajstić information content (AvgIpc) is 2.58. The molecule has 1 N–H and O–H groups in total. The van der Waals surface area contributed by atoms with Gasteiger partial charge in [0.15, 0.2) is 0 Å². The summed E-state index contributed by atoms with van der Waals surface area (Å²) in [5, 5.41) is 4.36. The van der Waals surface area contributed by atoms with Crippen LogP contribution in [0.3, 0.4) is 0 Å². The molecular formula is C12H15NO3S. The van der Waals surface area contributed by atoms with Crippen molar-refractivity contribution in [1.82, 2.24) is 5.32 Å². The third-order valence-electron chi connectivity index (χ3n) is 2.77. The van der Waals surface area contributed by atoms with Crippen molar-refractivity contribution in [2.45, 2.75) is 11.3 Å².